The first-order valence-electron chi connectivity index (χ1n) is 9.48. The number of carbonyl (C=O) groups excluding carboxylic acids is 1. The maximum atomic E-state index is 13.0. The lowest BCUT2D eigenvalue weighted by molar-refractivity contribution is -0.123. The Labute approximate surface area is 166 Å². The van der Waals surface area contributed by atoms with Crippen molar-refractivity contribution >= 4 is 21.6 Å². The van der Waals surface area contributed by atoms with E-state index in [1.165, 1.54) is 0 Å². The predicted molar refractivity (Wildman–Crippen MR) is 109 cm³/mol. The summed E-state index contributed by atoms with van der Waals surface area (Å²) in [5, 5.41) is 0. The Bertz CT molecular complexity index is 949. The molecule has 2 aliphatic rings. The molecule has 0 aliphatic carbocycles. The van der Waals surface area contributed by atoms with Gasteiger partial charge in [0.2, 0.25) is 15.9 Å². The zero-order valence-electron chi connectivity index (χ0n) is 16.0. The Balaban J connectivity index is 1.54. The number of carbonyl (C=O) groups is 1. The molecule has 0 aromatic heterocycles. The lowest BCUT2D eigenvalue weighted by atomic mass is 9.92. The van der Waals surface area contributed by atoms with Gasteiger partial charge in [0, 0.05) is 25.3 Å². The van der Waals surface area contributed by atoms with Gasteiger partial charge < -0.3 is 4.90 Å². The Morgan fingerprint density at radius 3 is 2.29 bits per heavy atom. The van der Waals surface area contributed by atoms with E-state index >= 15 is 0 Å². The van der Waals surface area contributed by atoms with Crippen molar-refractivity contribution in [1.82, 2.24) is 9.21 Å². The fourth-order valence-corrected chi connectivity index (χ4v) is 5.78. The molecule has 1 amide bonds. The summed E-state index contributed by atoms with van der Waals surface area (Å²) in [4.78, 5) is 16.5. The first-order chi connectivity index (χ1) is 13.4. The fourth-order valence-electron chi connectivity index (χ4n) is 4.18. The molecule has 4 rings (SSSR count). The predicted octanol–water partition coefficient (Wildman–Crippen LogP) is 1.94. The Hall–Kier alpha value is -2.22. The molecule has 2 saturated heterocycles. The molecule has 2 aromatic carbocycles. The highest BCUT2D eigenvalue weighted by atomic mass is 32.2. The number of hydrogen-bond donors (Lipinski definition) is 0. The van der Waals surface area contributed by atoms with Crippen LogP contribution in [0.1, 0.15) is 12.0 Å². The number of sulfonamides is 1. The number of likely N-dealkylation sites (N-methyl/N-ethyl adjacent to an activating group) is 1. The molecule has 7 heteroatoms. The highest BCUT2D eigenvalue weighted by Gasteiger charge is 2.50. The molecule has 2 aromatic rings. The fraction of sp³-hybridized carbons (Fsp3) is 0.381. The van der Waals surface area contributed by atoms with E-state index in [0.29, 0.717) is 32.6 Å². The van der Waals surface area contributed by atoms with Crippen LogP contribution in [-0.2, 0) is 20.6 Å². The lowest BCUT2D eigenvalue weighted by Crippen LogP contribution is -2.64. The van der Waals surface area contributed by atoms with Crippen molar-refractivity contribution in [2.24, 2.45) is 0 Å². The molecule has 2 aliphatic heterocycles. The number of benzene rings is 2. The monoisotopic (exact) mass is 399 g/mol. The molecular weight excluding hydrogens is 374 g/mol. The van der Waals surface area contributed by atoms with E-state index in [4.69, 9.17) is 0 Å². The highest BCUT2D eigenvalue weighted by Crippen LogP contribution is 2.35. The van der Waals surface area contributed by atoms with Gasteiger partial charge in [-0.25, -0.2) is 8.42 Å². The van der Waals surface area contributed by atoms with Crippen molar-refractivity contribution in [2.45, 2.75) is 17.7 Å². The van der Waals surface area contributed by atoms with Crippen LogP contribution < -0.4 is 4.90 Å². The van der Waals surface area contributed by atoms with Crippen LogP contribution in [0.3, 0.4) is 0 Å². The first kappa shape index (κ1) is 19.1. The number of anilines is 1. The van der Waals surface area contributed by atoms with E-state index < -0.39 is 10.0 Å². The van der Waals surface area contributed by atoms with Gasteiger partial charge in [0.25, 0.3) is 0 Å². The van der Waals surface area contributed by atoms with Gasteiger partial charge in [0.15, 0.2) is 0 Å². The molecule has 0 saturated carbocycles. The maximum Gasteiger partial charge on any atom is 0.241 e. The van der Waals surface area contributed by atoms with Gasteiger partial charge in [-0.1, -0.05) is 48.5 Å². The molecular formula is C21H25N3O3S. The number of hydrogen-bond acceptors (Lipinski definition) is 4. The molecule has 0 radical (unpaired) electrons. The summed E-state index contributed by atoms with van der Waals surface area (Å²) in [6, 6.07) is 18.9. The zero-order chi connectivity index (χ0) is 19.8. The van der Waals surface area contributed by atoms with Gasteiger partial charge in [-0.2, -0.15) is 4.31 Å². The van der Waals surface area contributed by atoms with Gasteiger partial charge in [-0.05, 0) is 31.2 Å². The third-order valence-corrected chi connectivity index (χ3v) is 7.68. The minimum atomic E-state index is -3.40. The highest BCUT2D eigenvalue weighted by molar-refractivity contribution is 7.88. The van der Waals surface area contributed by atoms with Crippen LogP contribution in [0.4, 0.5) is 5.69 Å². The van der Waals surface area contributed by atoms with Crippen LogP contribution in [0, 0.1) is 0 Å². The number of para-hydroxylation sites is 1. The summed E-state index contributed by atoms with van der Waals surface area (Å²) in [6.45, 7) is 1.69. The number of amides is 1. The molecule has 1 spiro atoms. The second kappa shape index (κ2) is 7.31. The zero-order valence-corrected chi connectivity index (χ0v) is 16.8. The summed E-state index contributed by atoms with van der Waals surface area (Å²) < 4.78 is 27.5. The summed E-state index contributed by atoms with van der Waals surface area (Å²) in [6.07, 6.45) is 0.716. The first-order valence-corrected chi connectivity index (χ1v) is 11.1. The third kappa shape index (κ3) is 3.57. The maximum absolute atomic E-state index is 13.0. The number of piperazine rings is 1. The number of nitrogens with zero attached hydrogens (tertiary/aromatic N) is 3. The Morgan fingerprint density at radius 1 is 0.964 bits per heavy atom. The molecule has 2 heterocycles. The van der Waals surface area contributed by atoms with Gasteiger partial charge in [-0.15, -0.1) is 0 Å². The van der Waals surface area contributed by atoms with E-state index in [1.807, 2.05) is 72.6 Å². The lowest BCUT2D eigenvalue weighted by Gasteiger charge is -2.46. The second-order valence-corrected chi connectivity index (χ2v) is 9.69. The van der Waals surface area contributed by atoms with E-state index in [-0.39, 0.29) is 17.2 Å². The van der Waals surface area contributed by atoms with E-state index in [0.717, 1.165) is 11.3 Å². The second-order valence-electron chi connectivity index (χ2n) is 7.72. The van der Waals surface area contributed by atoms with Crippen LogP contribution >= 0.6 is 0 Å². The molecule has 0 unspecified atom stereocenters. The average molecular weight is 400 g/mol. The van der Waals surface area contributed by atoms with Crippen molar-refractivity contribution < 1.29 is 13.2 Å². The van der Waals surface area contributed by atoms with Crippen LogP contribution in [0.2, 0.25) is 0 Å². The molecule has 0 N–H and O–H groups in total. The van der Waals surface area contributed by atoms with Crippen molar-refractivity contribution in [3.8, 4) is 0 Å². The summed E-state index contributed by atoms with van der Waals surface area (Å²) >= 11 is 0. The van der Waals surface area contributed by atoms with Crippen molar-refractivity contribution in [3.63, 3.8) is 0 Å². The Morgan fingerprint density at radius 2 is 1.61 bits per heavy atom. The van der Waals surface area contributed by atoms with Crippen LogP contribution in [0.5, 0.6) is 0 Å². The molecule has 2 fully saturated rings. The van der Waals surface area contributed by atoms with Gasteiger partial charge in [0.1, 0.15) is 0 Å². The summed E-state index contributed by atoms with van der Waals surface area (Å²) in [5.41, 5.74) is 1.31. The third-order valence-electron chi connectivity index (χ3n) is 5.89. The van der Waals surface area contributed by atoms with Crippen molar-refractivity contribution in [2.75, 3.05) is 38.1 Å². The molecule has 1 atom stereocenters. The van der Waals surface area contributed by atoms with Crippen molar-refractivity contribution in [3.05, 3.63) is 66.2 Å². The standard InChI is InChI=1S/C21H25N3O3S/c1-22-14-20(25)24(19-10-6-3-7-11-19)17-21(22)12-13-23(16-21)28(26,27)15-18-8-4-2-5-9-18/h2-11H,12-17H2,1H3/t21-/m1/s1. The summed E-state index contributed by atoms with van der Waals surface area (Å²) in [7, 11) is -1.48. The van der Waals surface area contributed by atoms with Gasteiger partial charge in [0.05, 0.1) is 17.8 Å². The van der Waals surface area contributed by atoms with E-state index in [9.17, 15) is 13.2 Å². The topological polar surface area (TPSA) is 60.9 Å². The quantitative estimate of drug-likeness (QED) is 0.788. The average Bonchev–Trinajstić information content (AvgIpc) is 3.12. The largest absolute Gasteiger partial charge is 0.309 e. The minimum absolute atomic E-state index is 0.00889. The minimum Gasteiger partial charge on any atom is -0.309 e. The van der Waals surface area contributed by atoms with Crippen LogP contribution in [0.25, 0.3) is 0 Å². The van der Waals surface area contributed by atoms with Crippen molar-refractivity contribution in [1.29, 1.82) is 0 Å². The molecule has 6 nitrogen and oxygen atoms in total. The SMILES string of the molecule is CN1CC(=O)N(c2ccccc2)C[C@]12CCN(S(=O)(=O)Cc1ccccc1)C2. The molecule has 0 bridgehead atoms. The van der Waals surface area contributed by atoms with E-state index in [1.54, 1.807) is 9.21 Å². The molecule has 28 heavy (non-hydrogen) atoms. The smallest absolute Gasteiger partial charge is 0.241 e. The summed E-state index contributed by atoms with van der Waals surface area (Å²) in [5.74, 6) is 0.0551. The van der Waals surface area contributed by atoms with Gasteiger partial charge >= 0.3 is 0 Å². The normalized spacial score (nSPS) is 24.2. The van der Waals surface area contributed by atoms with E-state index in [2.05, 4.69) is 0 Å². The number of rotatable bonds is 4. The molecule has 148 valence electrons. The Kier molecular flexibility index (Phi) is 4.99. The van der Waals surface area contributed by atoms with Crippen LogP contribution in [-0.4, -0.2) is 62.3 Å². The van der Waals surface area contributed by atoms with Gasteiger partial charge in [-0.3, -0.25) is 9.69 Å². The van der Waals surface area contributed by atoms with Crippen LogP contribution in [0.15, 0.2) is 60.7 Å².